The summed E-state index contributed by atoms with van der Waals surface area (Å²) in [6.45, 7) is 5.13. The Balaban J connectivity index is 1.57. The standard InChI is InChI=1S/C19H24N2O3/c1-23-14-13-20-9-4-10-21(12-11-20)19(22)8-7-17-15-16-5-2-3-6-18(16)24-17/h2-3,5-8,15H,4,9-14H2,1H3/b8-7+. The number of methoxy groups -OCH3 is 1. The van der Waals surface area contributed by atoms with Crippen LogP contribution >= 0.6 is 0 Å². The predicted octanol–water partition coefficient (Wildman–Crippen LogP) is 2.63. The molecular weight excluding hydrogens is 304 g/mol. The van der Waals surface area contributed by atoms with Gasteiger partial charge < -0.3 is 14.1 Å². The molecule has 24 heavy (non-hydrogen) atoms. The maximum absolute atomic E-state index is 12.4. The maximum atomic E-state index is 12.4. The predicted molar refractivity (Wildman–Crippen MR) is 94.8 cm³/mol. The van der Waals surface area contributed by atoms with Crippen LogP contribution in [0, 0.1) is 0 Å². The van der Waals surface area contributed by atoms with E-state index in [1.165, 1.54) is 0 Å². The van der Waals surface area contributed by atoms with Gasteiger partial charge in [0.05, 0.1) is 6.61 Å². The number of nitrogens with zero attached hydrogens (tertiary/aromatic N) is 2. The lowest BCUT2D eigenvalue weighted by molar-refractivity contribution is -0.125. The average molecular weight is 328 g/mol. The molecular formula is C19H24N2O3. The molecule has 0 bridgehead atoms. The topological polar surface area (TPSA) is 45.9 Å². The van der Waals surface area contributed by atoms with Crippen molar-refractivity contribution in [2.24, 2.45) is 0 Å². The highest BCUT2D eigenvalue weighted by atomic mass is 16.5. The molecule has 1 aliphatic heterocycles. The zero-order chi connectivity index (χ0) is 16.8. The monoisotopic (exact) mass is 328 g/mol. The van der Waals surface area contributed by atoms with Crippen LogP contribution in [0.1, 0.15) is 12.2 Å². The van der Waals surface area contributed by atoms with Crippen molar-refractivity contribution in [2.45, 2.75) is 6.42 Å². The van der Waals surface area contributed by atoms with Crippen molar-refractivity contribution in [1.29, 1.82) is 0 Å². The highest BCUT2D eigenvalue weighted by molar-refractivity contribution is 5.92. The second-order valence-corrected chi connectivity index (χ2v) is 6.03. The molecule has 1 aromatic carbocycles. The fourth-order valence-electron chi connectivity index (χ4n) is 2.98. The highest BCUT2D eigenvalue weighted by Crippen LogP contribution is 2.19. The SMILES string of the molecule is COCCN1CCCN(C(=O)/C=C/c2cc3ccccc3o2)CC1. The molecule has 128 valence electrons. The summed E-state index contributed by atoms with van der Waals surface area (Å²) in [5.74, 6) is 0.755. The Morgan fingerprint density at radius 2 is 2.12 bits per heavy atom. The summed E-state index contributed by atoms with van der Waals surface area (Å²) in [6, 6.07) is 9.80. The fraction of sp³-hybridized carbons (Fsp3) is 0.421. The van der Waals surface area contributed by atoms with E-state index < -0.39 is 0 Å². The van der Waals surface area contributed by atoms with Gasteiger partial charge in [-0.1, -0.05) is 18.2 Å². The Labute approximate surface area is 142 Å². The van der Waals surface area contributed by atoms with E-state index in [-0.39, 0.29) is 5.91 Å². The molecule has 5 nitrogen and oxygen atoms in total. The maximum Gasteiger partial charge on any atom is 0.246 e. The van der Waals surface area contributed by atoms with Crippen molar-refractivity contribution in [2.75, 3.05) is 46.4 Å². The van der Waals surface area contributed by atoms with E-state index in [1.54, 1.807) is 19.3 Å². The summed E-state index contributed by atoms with van der Waals surface area (Å²) >= 11 is 0. The molecule has 0 N–H and O–H groups in total. The molecule has 5 heteroatoms. The van der Waals surface area contributed by atoms with Crippen LogP contribution in [-0.2, 0) is 9.53 Å². The number of fused-ring (bicyclic) bond motifs is 1. The van der Waals surface area contributed by atoms with Gasteiger partial charge in [-0.25, -0.2) is 0 Å². The lowest BCUT2D eigenvalue weighted by Crippen LogP contribution is -2.35. The van der Waals surface area contributed by atoms with Crippen molar-refractivity contribution in [3.63, 3.8) is 0 Å². The fourth-order valence-corrected chi connectivity index (χ4v) is 2.98. The highest BCUT2D eigenvalue weighted by Gasteiger charge is 2.17. The lowest BCUT2D eigenvalue weighted by atomic mass is 10.2. The third-order valence-corrected chi connectivity index (χ3v) is 4.35. The zero-order valence-electron chi connectivity index (χ0n) is 14.1. The molecule has 2 aromatic rings. The Hall–Kier alpha value is -2.11. The minimum atomic E-state index is 0.0454. The van der Waals surface area contributed by atoms with Crippen LogP contribution in [0.15, 0.2) is 40.8 Å². The van der Waals surface area contributed by atoms with Gasteiger partial charge in [0.1, 0.15) is 11.3 Å². The normalized spacial score (nSPS) is 16.8. The molecule has 0 atom stereocenters. The molecule has 0 saturated carbocycles. The van der Waals surface area contributed by atoms with Crippen molar-refractivity contribution < 1.29 is 13.9 Å². The number of ether oxygens (including phenoxy) is 1. The molecule has 1 saturated heterocycles. The van der Waals surface area contributed by atoms with Crippen LogP contribution in [0.3, 0.4) is 0 Å². The molecule has 3 rings (SSSR count). The summed E-state index contributed by atoms with van der Waals surface area (Å²) in [6.07, 6.45) is 4.37. The van der Waals surface area contributed by atoms with E-state index in [2.05, 4.69) is 4.90 Å². The first-order valence-electron chi connectivity index (χ1n) is 8.43. The van der Waals surface area contributed by atoms with Gasteiger partial charge in [0.25, 0.3) is 0 Å². The van der Waals surface area contributed by atoms with Gasteiger partial charge in [0, 0.05) is 44.8 Å². The van der Waals surface area contributed by atoms with Gasteiger partial charge >= 0.3 is 0 Å². The van der Waals surface area contributed by atoms with Crippen molar-refractivity contribution in [3.8, 4) is 0 Å². The van der Waals surface area contributed by atoms with Gasteiger partial charge in [-0.05, 0) is 31.2 Å². The summed E-state index contributed by atoms with van der Waals surface area (Å²) < 4.78 is 10.8. The largest absolute Gasteiger partial charge is 0.457 e. The number of carbonyl (C=O) groups is 1. The molecule has 0 radical (unpaired) electrons. The lowest BCUT2D eigenvalue weighted by Gasteiger charge is -2.20. The summed E-state index contributed by atoms with van der Waals surface area (Å²) in [5, 5.41) is 1.05. The second-order valence-electron chi connectivity index (χ2n) is 6.03. The van der Waals surface area contributed by atoms with E-state index >= 15 is 0 Å². The van der Waals surface area contributed by atoms with Gasteiger partial charge in [0.2, 0.25) is 5.91 Å². The Kier molecular flexibility index (Phi) is 5.67. The number of hydrogen-bond donors (Lipinski definition) is 0. The first-order valence-corrected chi connectivity index (χ1v) is 8.43. The van der Waals surface area contributed by atoms with E-state index in [9.17, 15) is 4.79 Å². The number of furan rings is 1. The molecule has 1 aromatic heterocycles. The van der Waals surface area contributed by atoms with E-state index in [4.69, 9.17) is 9.15 Å². The zero-order valence-corrected chi connectivity index (χ0v) is 14.1. The van der Waals surface area contributed by atoms with Crippen LogP contribution in [0.2, 0.25) is 0 Å². The molecule has 0 unspecified atom stereocenters. The van der Waals surface area contributed by atoms with E-state index in [1.807, 2.05) is 35.2 Å². The number of hydrogen-bond acceptors (Lipinski definition) is 4. The van der Waals surface area contributed by atoms with Crippen LogP contribution < -0.4 is 0 Å². The van der Waals surface area contributed by atoms with Crippen LogP contribution in [0.5, 0.6) is 0 Å². The minimum absolute atomic E-state index is 0.0454. The molecule has 2 heterocycles. The Bertz CT molecular complexity index is 674. The minimum Gasteiger partial charge on any atom is -0.457 e. The smallest absolute Gasteiger partial charge is 0.246 e. The van der Waals surface area contributed by atoms with Gasteiger partial charge in [-0.3, -0.25) is 9.69 Å². The number of benzene rings is 1. The summed E-state index contributed by atoms with van der Waals surface area (Å²) in [4.78, 5) is 16.7. The van der Waals surface area contributed by atoms with Crippen molar-refractivity contribution >= 4 is 23.0 Å². The Morgan fingerprint density at radius 1 is 1.25 bits per heavy atom. The van der Waals surface area contributed by atoms with Crippen LogP contribution in [0.4, 0.5) is 0 Å². The van der Waals surface area contributed by atoms with Crippen molar-refractivity contribution in [1.82, 2.24) is 9.80 Å². The first-order chi connectivity index (χ1) is 11.8. The second kappa shape index (κ2) is 8.13. The number of para-hydroxylation sites is 1. The number of amides is 1. The molecule has 1 aliphatic rings. The average Bonchev–Trinajstić information content (AvgIpc) is 2.87. The summed E-state index contributed by atoms with van der Waals surface area (Å²) in [5.41, 5.74) is 0.841. The molecule has 1 amide bonds. The molecule has 0 spiro atoms. The van der Waals surface area contributed by atoms with Gasteiger partial charge in [0.15, 0.2) is 0 Å². The molecule has 0 aliphatic carbocycles. The third-order valence-electron chi connectivity index (χ3n) is 4.35. The molecule has 1 fully saturated rings. The Morgan fingerprint density at radius 3 is 2.96 bits per heavy atom. The van der Waals surface area contributed by atoms with E-state index in [0.29, 0.717) is 5.76 Å². The number of carbonyl (C=O) groups excluding carboxylic acids is 1. The van der Waals surface area contributed by atoms with Crippen LogP contribution in [-0.4, -0.2) is 62.1 Å². The third kappa shape index (κ3) is 4.24. The quantitative estimate of drug-likeness (QED) is 0.792. The van der Waals surface area contributed by atoms with Gasteiger partial charge in [-0.2, -0.15) is 0 Å². The van der Waals surface area contributed by atoms with Crippen LogP contribution in [0.25, 0.3) is 17.0 Å². The number of rotatable bonds is 5. The van der Waals surface area contributed by atoms with Gasteiger partial charge in [-0.15, -0.1) is 0 Å². The summed E-state index contributed by atoms with van der Waals surface area (Å²) in [7, 11) is 1.72. The van der Waals surface area contributed by atoms with E-state index in [0.717, 1.165) is 56.7 Å². The first kappa shape index (κ1) is 16.7. The van der Waals surface area contributed by atoms with Crippen molar-refractivity contribution in [3.05, 3.63) is 42.2 Å².